The minimum Gasteiger partial charge on any atom is -0.870 e. The Balaban J connectivity index is -0.000000392. The number of hydrogen-bond donors (Lipinski definition) is 0. The standard InChI is InChI=1S/C20H24N2O4.Cu.3NO3.Sm/c1-25-17-9-5-7-15(19(17)23)13-21-11-3-4-12-22-14-16-8-6-10-18(26-2)20(16)24;;3*2-1(3)4;/h5-10,13-14,23-24H,3-4,11-12H2,1-2H3;;;;;/q;+2;3*-1;+3/p-2. The number of unbranched alkanes of at least 4 members (excludes halogenated alkanes) is 1. The minimum absolute atomic E-state index is 0. The fraction of sp³-hybridized carbons (Fsp3) is 0.300. The first-order chi connectivity index (χ1) is 17.9. The summed E-state index contributed by atoms with van der Waals surface area (Å²) in [4.78, 5) is 33.3. The van der Waals surface area contributed by atoms with Crippen LogP contribution in [0.1, 0.15) is 24.0 Å². The van der Waals surface area contributed by atoms with Crippen LogP contribution in [-0.4, -0.2) is 55.0 Å². The monoisotopic (exact) mass is 755 g/mol. The molecular formula is C20H22CuN5O13Sm. The first kappa shape index (κ1) is 43.5. The maximum absolute atomic E-state index is 11.9. The number of nitrogens with zero attached hydrogens (tertiary/aromatic N) is 5. The van der Waals surface area contributed by atoms with Crippen molar-refractivity contribution in [1.29, 1.82) is 0 Å². The van der Waals surface area contributed by atoms with E-state index in [0.717, 1.165) is 12.8 Å². The number of methoxy groups -OCH3 is 2. The molecule has 2 aromatic rings. The van der Waals surface area contributed by atoms with Gasteiger partial charge in [-0.3, -0.25) is 9.98 Å². The molecule has 222 valence electrons. The van der Waals surface area contributed by atoms with Crippen molar-refractivity contribution < 1.29 is 92.4 Å². The van der Waals surface area contributed by atoms with Crippen LogP contribution in [0, 0.1) is 86.4 Å². The van der Waals surface area contributed by atoms with Gasteiger partial charge < -0.3 is 65.7 Å². The first-order valence-corrected chi connectivity index (χ1v) is 9.99. The Morgan fingerprint density at radius 2 is 0.950 bits per heavy atom. The maximum Gasteiger partial charge on any atom is 3.00 e. The van der Waals surface area contributed by atoms with Crippen molar-refractivity contribution in [2.75, 3.05) is 27.3 Å². The molecule has 2 aromatic carbocycles. The molecule has 0 N–H and O–H groups in total. The molecule has 2 radical (unpaired) electrons. The molecule has 0 saturated heterocycles. The van der Waals surface area contributed by atoms with Gasteiger partial charge in [0.15, 0.2) is 0 Å². The van der Waals surface area contributed by atoms with Crippen LogP contribution >= 0.6 is 0 Å². The zero-order valence-corrected chi connectivity index (χ0v) is 24.3. The van der Waals surface area contributed by atoms with Crippen molar-refractivity contribution in [2.45, 2.75) is 12.8 Å². The molecule has 2 rings (SSSR count). The van der Waals surface area contributed by atoms with E-state index in [2.05, 4.69) is 9.98 Å². The molecule has 0 bridgehead atoms. The van der Waals surface area contributed by atoms with Gasteiger partial charge in [0.1, 0.15) is 11.5 Å². The fourth-order valence-corrected chi connectivity index (χ4v) is 2.32. The third-order valence-corrected chi connectivity index (χ3v) is 3.74. The molecule has 18 nitrogen and oxygen atoms in total. The maximum atomic E-state index is 11.9. The Bertz CT molecular complexity index is 971. The molecule has 0 aliphatic carbocycles. The summed E-state index contributed by atoms with van der Waals surface area (Å²) in [6.45, 7) is 1.22. The van der Waals surface area contributed by atoms with Crippen molar-refractivity contribution >= 4 is 12.4 Å². The average molecular weight is 754 g/mol. The summed E-state index contributed by atoms with van der Waals surface area (Å²) in [5, 5.41) is 68.1. The largest absolute Gasteiger partial charge is 3.00 e. The molecule has 0 heterocycles. The number of benzene rings is 2. The van der Waals surface area contributed by atoms with Gasteiger partial charge in [-0.25, -0.2) is 0 Å². The van der Waals surface area contributed by atoms with E-state index in [1.54, 1.807) is 48.8 Å². The van der Waals surface area contributed by atoms with E-state index >= 15 is 0 Å². The van der Waals surface area contributed by atoms with Crippen molar-refractivity contribution in [3.8, 4) is 23.0 Å². The molecule has 0 unspecified atom stereocenters. The van der Waals surface area contributed by atoms with Crippen LogP contribution in [0.4, 0.5) is 0 Å². The average Bonchev–Trinajstić information content (AvgIpc) is 2.81. The summed E-state index contributed by atoms with van der Waals surface area (Å²) in [6.07, 6.45) is 4.84. The molecule has 0 fully saturated rings. The Morgan fingerprint density at radius 1 is 0.675 bits per heavy atom. The van der Waals surface area contributed by atoms with Crippen molar-refractivity contribution in [3.63, 3.8) is 0 Å². The van der Waals surface area contributed by atoms with Gasteiger partial charge in [0.05, 0.1) is 29.5 Å². The summed E-state index contributed by atoms with van der Waals surface area (Å²) < 4.78 is 9.99. The van der Waals surface area contributed by atoms with Gasteiger partial charge in [-0.1, -0.05) is 35.8 Å². The van der Waals surface area contributed by atoms with E-state index < -0.39 is 15.3 Å². The molecule has 0 aliphatic heterocycles. The Morgan fingerprint density at radius 3 is 1.20 bits per heavy atom. The van der Waals surface area contributed by atoms with Crippen LogP contribution in [0.2, 0.25) is 0 Å². The topological polar surface area (TPSA) is 288 Å². The molecule has 0 saturated carbocycles. The second kappa shape index (κ2) is 27.0. The van der Waals surface area contributed by atoms with Gasteiger partial charge in [0, 0.05) is 25.5 Å². The summed E-state index contributed by atoms with van der Waals surface area (Å²) >= 11 is 0. The third-order valence-electron chi connectivity index (χ3n) is 3.74. The van der Waals surface area contributed by atoms with E-state index in [1.165, 1.54) is 14.2 Å². The molecular weight excluding hydrogens is 732 g/mol. The van der Waals surface area contributed by atoms with E-state index in [-0.39, 0.29) is 69.0 Å². The SMILES string of the molecule is COc1cccc(C=NCCCCN=Cc2cccc(OC)c2[O-])c1[O-].O=[N+]([O-])[O-].O=[N+]([O-])[O-].O=[N+]([O-])[O-].[Cu+2].[Sm+3]. The molecule has 0 aliphatic rings. The van der Waals surface area contributed by atoms with E-state index in [4.69, 9.17) is 55.4 Å². The minimum atomic E-state index is -1.75. The van der Waals surface area contributed by atoms with Gasteiger partial charge >= 0.3 is 57.5 Å². The Kier molecular flexibility index (Phi) is 29.4. The van der Waals surface area contributed by atoms with Crippen molar-refractivity contribution in [3.05, 3.63) is 93.5 Å². The van der Waals surface area contributed by atoms with Crippen LogP contribution in [0.3, 0.4) is 0 Å². The second-order valence-corrected chi connectivity index (χ2v) is 6.21. The number of rotatable bonds is 9. The van der Waals surface area contributed by atoms with Crippen LogP contribution in [-0.2, 0) is 17.1 Å². The van der Waals surface area contributed by atoms with E-state index in [9.17, 15) is 10.2 Å². The zero-order chi connectivity index (χ0) is 29.5. The predicted molar refractivity (Wildman–Crippen MR) is 130 cm³/mol. The quantitative estimate of drug-likeness (QED) is 0.115. The summed E-state index contributed by atoms with van der Waals surface area (Å²) in [6, 6.07) is 10.2. The van der Waals surface area contributed by atoms with E-state index in [0.29, 0.717) is 35.7 Å². The fourth-order valence-electron chi connectivity index (χ4n) is 2.32. The molecule has 40 heavy (non-hydrogen) atoms. The second-order valence-electron chi connectivity index (χ2n) is 6.21. The number of aliphatic imine (C=N–C) groups is 2. The number of para-hydroxylation sites is 2. The summed E-state index contributed by atoms with van der Waals surface area (Å²) in [5.74, 6) is 0.322. The van der Waals surface area contributed by atoms with Gasteiger partial charge in [0.2, 0.25) is 0 Å². The van der Waals surface area contributed by atoms with Gasteiger partial charge in [-0.2, -0.15) is 0 Å². The van der Waals surface area contributed by atoms with Crippen LogP contribution in [0.5, 0.6) is 23.0 Å². The number of ether oxygens (including phenoxy) is 2. The van der Waals surface area contributed by atoms with Gasteiger partial charge in [-0.15, -0.1) is 0 Å². The molecule has 0 spiro atoms. The van der Waals surface area contributed by atoms with Gasteiger partial charge in [-0.05, 0) is 36.1 Å². The normalized spacial score (nSPS) is 9.15. The van der Waals surface area contributed by atoms with Crippen molar-refractivity contribution in [1.82, 2.24) is 0 Å². The number of hydrogen-bond acceptors (Lipinski definition) is 15. The molecule has 20 heteroatoms. The Hall–Kier alpha value is -3.56. The Labute approximate surface area is 269 Å². The molecule has 0 aromatic heterocycles. The zero-order valence-electron chi connectivity index (χ0n) is 20.7. The van der Waals surface area contributed by atoms with Crippen LogP contribution < -0.4 is 19.7 Å². The third kappa shape index (κ3) is 24.8. The molecule has 0 amide bonds. The smallest absolute Gasteiger partial charge is 0.870 e. The molecule has 0 atom stereocenters. The summed E-state index contributed by atoms with van der Waals surface area (Å²) in [5.41, 5.74) is 1.03. The predicted octanol–water partition coefficient (Wildman–Crippen LogP) is 1.45. The van der Waals surface area contributed by atoms with Gasteiger partial charge in [0.25, 0.3) is 0 Å². The first-order valence-electron chi connectivity index (χ1n) is 9.99. The van der Waals surface area contributed by atoms with Crippen molar-refractivity contribution in [2.24, 2.45) is 9.98 Å². The van der Waals surface area contributed by atoms with E-state index in [1.807, 2.05) is 0 Å². The van der Waals surface area contributed by atoms with Crippen LogP contribution in [0.25, 0.3) is 0 Å². The summed E-state index contributed by atoms with van der Waals surface area (Å²) in [7, 11) is 2.94. The van der Waals surface area contributed by atoms with Crippen LogP contribution in [0.15, 0.2) is 46.4 Å².